The Morgan fingerprint density at radius 1 is 1.25 bits per heavy atom. The van der Waals surface area contributed by atoms with Crippen molar-refractivity contribution in [2.24, 2.45) is 5.92 Å². The first-order valence-corrected chi connectivity index (χ1v) is 7.68. The van der Waals surface area contributed by atoms with Crippen molar-refractivity contribution in [2.45, 2.75) is 52.2 Å². The second-order valence-electron chi connectivity index (χ2n) is 5.44. The molecule has 1 aromatic rings. The van der Waals surface area contributed by atoms with Crippen molar-refractivity contribution >= 4 is 0 Å². The van der Waals surface area contributed by atoms with Crippen molar-refractivity contribution in [1.29, 1.82) is 0 Å². The van der Waals surface area contributed by atoms with Crippen LogP contribution in [0.25, 0.3) is 0 Å². The molecule has 0 aliphatic carbocycles. The summed E-state index contributed by atoms with van der Waals surface area (Å²) in [5, 5.41) is 9.74. The molecule has 112 valence electrons. The second kappa shape index (κ2) is 10.6. The third kappa shape index (κ3) is 8.13. The maximum Gasteiger partial charge on any atom is 0.0717 e. The number of rotatable bonds is 10. The minimum absolute atomic E-state index is 0.191. The SMILES string of the molecule is CCCC[C@@H](O)C/C=C\[C@@H](C)COCc1ccccc1. The topological polar surface area (TPSA) is 29.5 Å². The average molecular weight is 276 g/mol. The van der Waals surface area contributed by atoms with Gasteiger partial charge in [0.05, 0.1) is 19.3 Å². The van der Waals surface area contributed by atoms with Gasteiger partial charge in [-0.2, -0.15) is 0 Å². The monoisotopic (exact) mass is 276 g/mol. The van der Waals surface area contributed by atoms with E-state index in [1.807, 2.05) is 18.2 Å². The zero-order valence-electron chi connectivity index (χ0n) is 12.8. The van der Waals surface area contributed by atoms with E-state index in [-0.39, 0.29) is 6.10 Å². The van der Waals surface area contributed by atoms with E-state index in [1.54, 1.807) is 0 Å². The van der Waals surface area contributed by atoms with Crippen LogP contribution in [0.3, 0.4) is 0 Å². The molecule has 1 rings (SSSR count). The number of benzene rings is 1. The molecule has 0 saturated carbocycles. The first kappa shape index (κ1) is 16.9. The van der Waals surface area contributed by atoms with E-state index in [4.69, 9.17) is 4.74 Å². The smallest absolute Gasteiger partial charge is 0.0717 e. The van der Waals surface area contributed by atoms with Gasteiger partial charge in [-0.3, -0.25) is 0 Å². The maximum absolute atomic E-state index is 9.74. The predicted octanol–water partition coefficient (Wildman–Crippen LogP) is 4.34. The van der Waals surface area contributed by atoms with Crippen molar-refractivity contribution in [3.05, 3.63) is 48.0 Å². The Morgan fingerprint density at radius 2 is 2.00 bits per heavy atom. The van der Waals surface area contributed by atoms with E-state index < -0.39 is 0 Å². The first-order valence-electron chi connectivity index (χ1n) is 7.68. The lowest BCUT2D eigenvalue weighted by Crippen LogP contribution is -2.06. The van der Waals surface area contributed by atoms with Crippen molar-refractivity contribution in [1.82, 2.24) is 0 Å². The van der Waals surface area contributed by atoms with E-state index in [2.05, 4.69) is 38.1 Å². The average Bonchev–Trinajstić information content (AvgIpc) is 2.46. The molecular weight excluding hydrogens is 248 g/mol. The summed E-state index contributed by atoms with van der Waals surface area (Å²) in [6.45, 7) is 5.67. The van der Waals surface area contributed by atoms with Crippen LogP contribution in [0.1, 0.15) is 45.1 Å². The van der Waals surface area contributed by atoms with Gasteiger partial charge in [-0.15, -0.1) is 0 Å². The second-order valence-corrected chi connectivity index (χ2v) is 5.44. The fourth-order valence-electron chi connectivity index (χ4n) is 2.02. The van der Waals surface area contributed by atoms with Gasteiger partial charge in [0.15, 0.2) is 0 Å². The predicted molar refractivity (Wildman–Crippen MR) is 84.6 cm³/mol. The molecule has 0 aliphatic rings. The zero-order chi connectivity index (χ0) is 14.6. The molecule has 0 amide bonds. The minimum Gasteiger partial charge on any atom is -0.393 e. The highest BCUT2D eigenvalue weighted by Gasteiger charge is 2.01. The normalized spacial score (nSPS) is 14.6. The van der Waals surface area contributed by atoms with Crippen molar-refractivity contribution in [3.63, 3.8) is 0 Å². The quantitative estimate of drug-likeness (QED) is 0.644. The molecule has 0 spiro atoms. The van der Waals surface area contributed by atoms with Crippen LogP contribution in [-0.2, 0) is 11.3 Å². The Labute approximate surface area is 123 Å². The van der Waals surface area contributed by atoms with Gasteiger partial charge in [0, 0.05) is 0 Å². The van der Waals surface area contributed by atoms with E-state index >= 15 is 0 Å². The van der Waals surface area contributed by atoms with E-state index in [0.29, 0.717) is 12.5 Å². The number of aliphatic hydroxyl groups excluding tert-OH is 1. The summed E-state index contributed by atoms with van der Waals surface area (Å²) in [7, 11) is 0. The van der Waals surface area contributed by atoms with Crippen LogP contribution < -0.4 is 0 Å². The Morgan fingerprint density at radius 3 is 2.70 bits per heavy atom. The van der Waals surface area contributed by atoms with Gasteiger partial charge in [0.25, 0.3) is 0 Å². The third-order valence-corrected chi connectivity index (χ3v) is 3.26. The summed E-state index contributed by atoms with van der Waals surface area (Å²) in [6.07, 6.45) is 7.93. The summed E-state index contributed by atoms with van der Waals surface area (Å²) < 4.78 is 5.69. The fraction of sp³-hybridized carbons (Fsp3) is 0.556. The number of ether oxygens (including phenoxy) is 1. The van der Waals surface area contributed by atoms with Crippen LogP contribution in [0.4, 0.5) is 0 Å². The first-order chi connectivity index (χ1) is 9.72. The molecule has 2 heteroatoms. The van der Waals surface area contributed by atoms with Gasteiger partial charge >= 0.3 is 0 Å². The maximum atomic E-state index is 9.74. The van der Waals surface area contributed by atoms with Gasteiger partial charge in [-0.1, -0.05) is 69.2 Å². The lowest BCUT2D eigenvalue weighted by Gasteiger charge is -2.09. The minimum atomic E-state index is -0.191. The Bertz CT molecular complexity index is 359. The summed E-state index contributed by atoms with van der Waals surface area (Å²) in [5.41, 5.74) is 1.21. The number of hydrogen-bond acceptors (Lipinski definition) is 2. The molecule has 0 unspecified atom stereocenters. The lowest BCUT2D eigenvalue weighted by atomic mass is 10.1. The highest BCUT2D eigenvalue weighted by atomic mass is 16.5. The van der Waals surface area contributed by atoms with Gasteiger partial charge in [0.1, 0.15) is 0 Å². The lowest BCUT2D eigenvalue weighted by molar-refractivity contribution is 0.104. The molecule has 0 fully saturated rings. The Hall–Kier alpha value is -1.12. The summed E-state index contributed by atoms with van der Waals surface area (Å²) in [5.74, 6) is 0.386. The number of hydrogen-bond donors (Lipinski definition) is 1. The number of unbranched alkanes of at least 4 members (excludes halogenated alkanes) is 1. The largest absolute Gasteiger partial charge is 0.393 e. The molecule has 0 aliphatic heterocycles. The molecular formula is C18H28O2. The summed E-state index contributed by atoms with van der Waals surface area (Å²) in [6, 6.07) is 10.2. The molecule has 0 bridgehead atoms. The zero-order valence-corrected chi connectivity index (χ0v) is 12.8. The van der Waals surface area contributed by atoms with Crippen LogP contribution in [0, 0.1) is 5.92 Å². The van der Waals surface area contributed by atoms with Crippen LogP contribution in [0.15, 0.2) is 42.5 Å². The number of aliphatic hydroxyl groups is 1. The van der Waals surface area contributed by atoms with Crippen molar-refractivity contribution in [3.8, 4) is 0 Å². The van der Waals surface area contributed by atoms with E-state index in [0.717, 1.165) is 32.3 Å². The van der Waals surface area contributed by atoms with Crippen LogP contribution >= 0.6 is 0 Å². The molecule has 0 saturated heterocycles. The molecule has 20 heavy (non-hydrogen) atoms. The Balaban J connectivity index is 2.12. The van der Waals surface area contributed by atoms with E-state index in [9.17, 15) is 5.11 Å². The highest BCUT2D eigenvalue weighted by Crippen LogP contribution is 2.08. The molecule has 1 N–H and O–H groups in total. The summed E-state index contributed by atoms with van der Waals surface area (Å²) in [4.78, 5) is 0. The van der Waals surface area contributed by atoms with Gasteiger partial charge in [-0.25, -0.2) is 0 Å². The molecule has 0 radical (unpaired) electrons. The molecule has 0 heterocycles. The highest BCUT2D eigenvalue weighted by molar-refractivity contribution is 5.13. The molecule has 2 atom stereocenters. The van der Waals surface area contributed by atoms with Gasteiger partial charge in [0.2, 0.25) is 0 Å². The molecule has 1 aromatic carbocycles. The fourth-order valence-corrected chi connectivity index (χ4v) is 2.02. The molecule has 2 nitrogen and oxygen atoms in total. The van der Waals surface area contributed by atoms with Gasteiger partial charge in [-0.05, 0) is 24.3 Å². The van der Waals surface area contributed by atoms with Crippen LogP contribution in [0.5, 0.6) is 0 Å². The van der Waals surface area contributed by atoms with E-state index in [1.165, 1.54) is 5.56 Å². The van der Waals surface area contributed by atoms with Crippen LogP contribution in [-0.4, -0.2) is 17.8 Å². The Kier molecular flexibility index (Phi) is 9.01. The van der Waals surface area contributed by atoms with Crippen LogP contribution in [0.2, 0.25) is 0 Å². The van der Waals surface area contributed by atoms with Gasteiger partial charge < -0.3 is 9.84 Å². The van der Waals surface area contributed by atoms with Crippen molar-refractivity contribution < 1.29 is 9.84 Å². The third-order valence-electron chi connectivity index (χ3n) is 3.26. The van der Waals surface area contributed by atoms with Crippen molar-refractivity contribution in [2.75, 3.05) is 6.61 Å². The summed E-state index contributed by atoms with van der Waals surface area (Å²) >= 11 is 0. The standard InChI is InChI=1S/C18H28O2/c1-3-4-12-18(19)13-8-9-16(2)14-20-15-17-10-6-5-7-11-17/h5-11,16,18-19H,3-4,12-15H2,1-2H3/b9-8-/t16-,18-/m1/s1. The molecule has 0 aromatic heterocycles.